The lowest BCUT2D eigenvalue weighted by molar-refractivity contribution is 0.0782. The van der Waals surface area contributed by atoms with Gasteiger partial charge in [-0.1, -0.05) is 0 Å². The Morgan fingerprint density at radius 3 is 3.00 bits per heavy atom. The van der Waals surface area contributed by atoms with E-state index in [1.54, 1.807) is 28.9 Å². The van der Waals surface area contributed by atoms with Gasteiger partial charge in [0.05, 0.1) is 5.38 Å². The summed E-state index contributed by atoms with van der Waals surface area (Å²) in [5, 5.41) is 4.07. The van der Waals surface area contributed by atoms with Crippen LogP contribution < -0.4 is 0 Å². The summed E-state index contributed by atoms with van der Waals surface area (Å²) in [4.78, 5) is 13.7. The number of halogens is 1. The van der Waals surface area contributed by atoms with Crippen LogP contribution >= 0.6 is 11.6 Å². The van der Waals surface area contributed by atoms with Crippen molar-refractivity contribution in [2.24, 2.45) is 7.05 Å². The van der Waals surface area contributed by atoms with Crippen molar-refractivity contribution in [3.05, 3.63) is 18.0 Å². The molecule has 1 saturated heterocycles. The summed E-state index contributed by atoms with van der Waals surface area (Å²) < 4.78 is 1.59. The molecule has 1 aromatic rings. The van der Waals surface area contributed by atoms with E-state index in [0.29, 0.717) is 12.2 Å². The van der Waals surface area contributed by atoms with Crippen LogP contribution in [0.15, 0.2) is 12.3 Å². The van der Waals surface area contributed by atoms with Gasteiger partial charge in [0.15, 0.2) is 0 Å². The molecule has 0 spiro atoms. The zero-order valence-electron chi connectivity index (χ0n) is 7.98. The molecule has 0 N–H and O–H groups in total. The zero-order chi connectivity index (χ0) is 10.1. The van der Waals surface area contributed by atoms with Crippen molar-refractivity contribution in [3.63, 3.8) is 0 Å². The third-order valence-corrected chi connectivity index (χ3v) is 2.81. The Labute approximate surface area is 87.4 Å². The second-order valence-electron chi connectivity index (χ2n) is 3.48. The maximum absolute atomic E-state index is 11.9. The standard InChI is InChI=1S/C9H12ClN3O/c1-12-8(2-4-11-12)9(14)13-5-3-7(10)6-13/h2,4,7H,3,5-6H2,1H3. The molecule has 1 aliphatic rings. The largest absolute Gasteiger partial charge is 0.336 e. The molecule has 2 heterocycles. The molecule has 0 saturated carbocycles. The van der Waals surface area contributed by atoms with Crippen molar-refractivity contribution in [1.29, 1.82) is 0 Å². The SMILES string of the molecule is Cn1nccc1C(=O)N1CCC(Cl)C1. The van der Waals surface area contributed by atoms with E-state index in [4.69, 9.17) is 11.6 Å². The summed E-state index contributed by atoms with van der Waals surface area (Å²) in [6.45, 7) is 1.39. The number of aromatic nitrogens is 2. The number of aryl methyl sites for hydroxylation is 1. The summed E-state index contributed by atoms with van der Waals surface area (Å²) in [5.74, 6) is 0.0214. The van der Waals surface area contributed by atoms with Gasteiger partial charge < -0.3 is 4.90 Å². The number of likely N-dealkylation sites (tertiary alicyclic amines) is 1. The topological polar surface area (TPSA) is 38.1 Å². The van der Waals surface area contributed by atoms with E-state index in [2.05, 4.69) is 5.10 Å². The molecule has 1 aromatic heterocycles. The van der Waals surface area contributed by atoms with E-state index in [1.807, 2.05) is 0 Å². The monoisotopic (exact) mass is 213 g/mol. The fraction of sp³-hybridized carbons (Fsp3) is 0.556. The van der Waals surface area contributed by atoms with E-state index < -0.39 is 0 Å². The van der Waals surface area contributed by atoms with Gasteiger partial charge in [-0.25, -0.2) is 0 Å². The minimum absolute atomic E-state index is 0.0214. The van der Waals surface area contributed by atoms with Gasteiger partial charge >= 0.3 is 0 Å². The molecule has 1 aliphatic heterocycles. The van der Waals surface area contributed by atoms with Gasteiger partial charge in [0.2, 0.25) is 0 Å². The van der Waals surface area contributed by atoms with Crippen LogP contribution in [-0.4, -0.2) is 39.1 Å². The number of alkyl halides is 1. The van der Waals surface area contributed by atoms with Crippen LogP contribution in [-0.2, 0) is 7.05 Å². The minimum atomic E-state index is 0.0214. The quantitative estimate of drug-likeness (QED) is 0.650. The molecule has 0 aliphatic carbocycles. The van der Waals surface area contributed by atoms with Crippen molar-refractivity contribution in [2.45, 2.75) is 11.8 Å². The first-order valence-corrected chi connectivity index (χ1v) is 5.03. The lowest BCUT2D eigenvalue weighted by Gasteiger charge is -2.14. The summed E-state index contributed by atoms with van der Waals surface area (Å²) >= 11 is 5.94. The van der Waals surface area contributed by atoms with E-state index in [9.17, 15) is 4.79 Å². The number of rotatable bonds is 1. The molecule has 4 nitrogen and oxygen atoms in total. The van der Waals surface area contributed by atoms with Crippen molar-refractivity contribution in [1.82, 2.24) is 14.7 Å². The highest BCUT2D eigenvalue weighted by atomic mass is 35.5. The molecule has 0 aromatic carbocycles. The van der Waals surface area contributed by atoms with Crippen molar-refractivity contribution >= 4 is 17.5 Å². The highest BCUT2D eigenvalue weighted by molar-refractivity contribution is 6.21. The van der Waals surface area contributed by atoms with Crippen molar-refractivity contribution < 1.29 is 4.79 Å². The van der Waals surface area contributed by atoms with Crippen LogP contribution in [0.5, 0.6) is 0 Å². The normalized spacial score (nSPS) is 21.6. The molecule has 2 rings (SSSR count). The molecule has 0 bridgehead atoms. The highest BCUT2D eigenvalue weighted by Gasteiger charge is 2.26. The highest BCUT2D eigenvalue weighted by Crippen LogP contribution is 2.16. The van der Waals surface area contributed by atoms with Crippen LogP contribution in [0.1, 0.15) is 16.9 Å². The smallest absolute Gasteiger partial charge is 0.272 e. The van der Waals surface area contributed by atoms with Crippen LogP contribution in [0.2, 0.25) is 0 Å². The summed E-state index contributed by atoms with van der Waals surface area (Å²) in [6.07, 6.45) is 2.51. The van der Waals surface area contributed by atoms with Gasteiger partial charge in [-0.2, -0.15) is 5.10 Å². The number of carbonyl (C=O) groups is 1. The zero-order valence-corrected chi connectivity index (χ0v) is 8.74. The Morgan fingerprint density at radius 2 is 2.50 bits per heavy atom. The predicted molar refractivity (Wildman–Crippen MR) is 53.4 cm³/mol. The maximum Gasteiger partial charge on any atom is 0.272 e. The van der Waals surface area contributed by atoms with Gasteiger partial charge in [0, 0.05) is 26.3 Å². The average molecular weight is 214 g/mol. The number of nitrogens with zero attached hydrogens (tertiary/aromatic N) is 3. The van der Waals surface area contributed by atoms with Gasteiger partial charge in [0.25, 0.3) is 5.91 Å². The molecule has 1 atom stereocenters. The first kappa shape index (κ1) is 9.52. The first-order chi connectivity index (χ1) is 6.68. The molecular formula is C9H12ClN3O. The van der Waals surface area contributed by atoms with Gasteiger partial charge in [-0.05, 0) is 12.5 Å². The molecular weight excluding hydrogens is 202 g/mol. The number of hydrogen-bond acceptors (Lipinski definition) is 2. The van der Waals surface area contributed by atoms with E-state index in [1.165, 1.54) is 0 Å². The maximum atomic E-state index is 11.9. The molecule has 1 amide bonds. The third kappa shape index (κ3) is 1.62. The Hall–Kier alpha value is -1.03. The average Bonchev–Trinajstić information content (AvgIpc) is 2.73. The first-order valence-electron chi connectivity index (χ1n) is 4.60. The van der Waals surface area contributed by atoms with Crippen LogP contribution in [0.4, 0.5) is 0 Å². The molecule has 76 valence electrons. The van der Waals surface area contributed by atoms with E-state index >= 15 is 0 Å². The Morgan fingerprint density at radius 1 is 1.71 bits per heavy atom. The van der Waals surface area contributed by atoms with E-state index in [-0.39, 0.29) is 11.3 Å². The molecule has 1 fully saturated rings. The minimum Gasteiger partial charge on any atom is -0.336 e. The van der Waals surface area contributed by atoms with Crippen LogP contribution in [0.25, 0.3) is 0 Å². The second-order valence-corrected chi connectivity index (χ2v) is 4.09. The predicted octanol–water partition coefficient (Wildman–Crippen LogP) is 0.873. The lowest BCUT2D eigenvalue weighted by atomic mass is 10.4. The number of hydrogen-bond donors (Lipinski definition) is 0. The Balaban J connectivity index is 2.13. The summed E-state index contributed by atoms with van der Waals surface area (Å²) in [5.41, 5.74) is 0.621. The Kier molecular flexibility index (Phi) is 2.46. The second kappa shape index (κ2) is 3.61. The lowest BCUT2D eigenvalue weighted by Crippen LogP contribution is -2.30. The van der Waals surface area contributed by atoms with E-state index in [0.717, 1.165) is 13.0 Å². The molecule has 5 heteroatoms. The van der Waals surface area contributed by atoms with Crippen LogP contribution in [0.3, 0.4) is 0 Å². The summed E-state index contributed by atoms with van der Waals surface area (Å²) in [6, 6.07) is 1.73. The van der Waals surface area contributed by atoms with Crippen molar-refractivity contribution in [3.8, 4) is 0 Å². The van der Waals surface area contributed by atoms with Gasteiger partial charge in [0.1, 0.15) is 5.69 Å². The Bertz CT molecular complexity index is 350. The fourth-order valence-electron chi connectivity index (χ4n) is 1.65. The molecule has 0 radical (unpaired) electrons. The van der Waals surface area contributed by atoms with Crippen LogP contribution in [0, 0.1) is 0 Å². The number of amides is 1. The molecule has 14 heavy (non-hydrogen) atoms. The van der Waals surface area contributed by atoms with Crippen molar-refractivity contribution in [2.75, 3.05) is 13.1 Å². The van der Waals surface area contributed by atoms with Gasteiger partial charge in [-0.15, -0.1) is 11.6 Å². The van der Waals surface area contributed by atoms with Gasteiger partial charge in [-0.3, -0.25) is 9.48 Å². The third-order valence-electron chi connectivity index (χ3n) is 2.46. The molecule has 1 unspecified atom stereocenters. The summed E-state index contributed by atoms with van der Waals surface area (Å²) in [7, 11) is 1.77. The number of carbonyl (C=O) groups excluding carboxylic acids is 1. The fourth-order valence-corrected chi connectivity index (χ4v) is 1.91.